The Bertz CT molecular complexity index is 2230. The molecule has 17 nitrogen and oxygen atoms in total. The molecule has 0 spiro atoms. The number of methoxy groups -OCH3 is 1. The molecule has 53 heavy (non-hydrogen) atoms. The average molecular weight is 741 g/mol. The third-order valence-corrected chi connectivity index (χ3v) is 9.30. The minimum atomic E-state index is -4.36. The van der Waals surface area contributed by atoms with E-state index in [-0.39, 0.29) is 45.8 Å². The number of allylic oxidation sites excluding steroid dienone is 2. The van der Waals surface area contributed by atoms with E-state index in [1.54, 1.807) is 85.9 Å². The van der Waals surface area contributed by atoms with Gasteiger partial charge in [0.2, 0.25) is 11.6 Å². The molecule has 3 aromatic heterocycles. The van der Waals surface area contributed by atoms with E-state index < -0.39 is 33.4 Å². The number of sulfonamides is 1. The predicted octanol–water partition coefficient (Wildman–Crippen LogP) is 5.16. The Kier molecular flexibility index (Phi) is 10.2. The van der Waals surface area contributed by atoms with Crippen LogP contribution in [0.3, 0.4) is 0 Å². The molecule has 0 fully saturated rings. The number of benzene rings is 2. The van der Waals surface area contributed by atoms with Crippen molar-refractivity contribution in [1.29, 1.82) is 0 Å². The number of aromatic nitrogens is 7. The standard InChI is InChI=1S/C35H36N10O7S/c1-6-45(27-15-9-11-21-36-27)33(46)52-51-30-28(50-26-14-8-7-13-25(26)49-5)29(42-53(47,48)24-18-16-23(17-19-24)34(2,3)4)38-31(39-30)35(20-10-12-22-37-35)32-40-43-44-41-32/h7-22,37H,6H2,1-5H3,(H,38,39,42)(H,40,41,43,44). The van der Waals surface area contributed by atoms with Gasteiger partial charge in [0.05, 0.1) is 12.0 Å². The number of ether oxygens (including phenoxy) is 2. The molecule has 1 amide bonds. The summed E-state index contributed by atoms with van der Waals surface area (Å²) in [6.07, 6.45) is 7.18. The molecule has 6 rings (SSSR count). The Morgan fingerprint density at radius 3 is 2.34 bits per heavy atom. The third-order valence-electron chi connectivity index (χ3n) is 7.95. The molecule has 2 aromatic carbocycles. The molecule has 0 saturated carbocycles. The number of pyridine rings is 1. The molecule has 274 valence electrons. The monoisotopic (exact) mass is 740 g/mol. The summed E-state index contributed by atoms with van der Waals surface area (Å²) in [5.74, 6) is -0.634. The van der Waals surface area contributed by atoms with E-state index in [1.165, 1.54) is 30.3 Å². The van der Waals surface area contributed by atoms with Crippen LogP contribution in [-0.2, 0) is 25.9 Å². The summed E-state index contributed by atoms with van der Waals surface area (Å²) in [6, 6.07) is 18.1. The van der Waals surface area contributed by atoms with Gasteiger partial charge < -0.3 is 14.8 Å². The number of carbonyl (C=O) groups excluding carboxylic acids is 1. The zero-order valence-electron chi connectivity index (χ0n) is 29.3. The van der Waals surface area contributed by atoms with Crippen molar-refractivity contribution < 1.29 is 32.5 Å². The van der Waals surface area contributed by atoms with Crippen LogP contribution in [0.1, 0.15) is 44.9 Å². The van der Waals surface area contributed by atoms with Crippen LogP contribution in [0.4, 0.5) is 16.4 Å². The number of tetrazole rings is 1. The topological polar surface area (TPSA) is 209 Å². The summed E-state index contributed by atoms with van der Waals surface area (Å²) in [7, 11) is -2.93. The first-order valence-corrected chi connectivity index (χ1v) is 17.7. The van der Waals surface area contributed by atoms with Crippen LogP contribution in [0, 0.1) is 0 Å². The van der Waals surface area contributed by atoms with Gasteiger partial charge in [0.15, 0.2) is 28.7 Å². The number of hydrogen-bond acceptors (Lipinski definition) is 14. The van der Waals surface area contributed by atoms with Crippen molar-refractivity contribution >= 4 is 27.8 Å². The third kappa shape index (κ3) is 7.71. The minimum absolute atomic E-state index is 0.0664. The van der Waals surface area contributed by atoms with Gasteiger partial charge in [-0.1, -0.05) is 62.4 Å². The maximum absolute atomic E-state index is 14.1. The van der Waals surface area contributed by atoms with Gasteiger partial charge in [-0.25, -0.2) is 28.1 Å². The van der Waals surface area contributed by atoms with Crippen molar-refractivity contribution in [3.05, 3.63) is 115 Å². The van der Waals surface area contributed by atoms with E-state index in [9.17, 15) is 13.2 Å². The first-order chi connectivity index (χ1) is 25.4. The fourth-order valence-electron chi connectivity index (χ4n) is 5.17. The Morgan fingerprint density at radius 2 is 1.72 bits per heavy atom. The molecule has 18 heteroatoms. The van der Waals surface area contributed by atoms with Gasteiger partial charge in [-0.3, -0.25) is 14.5 Å². The van der Waals surface area contributed by atoms with Gasteiger partial charge in [-0.2, -0.15) is 10.2 Å². The maximum atomic E-state index is 14.1. The quantitative estimate of drug-likeness (QED) is 0.112. The highest BCUT2D eigenvalue weighted by atomic mass is 32.2. The molecule has 4 heterocycles. The minimum Gasteiger partial charge on any atom is -0.493 e. The molecule has 1 aliphatic rings. The lowest BCUT2D eigenvalue weighted by molar-refractivity contribution is -0.144. The average Bonchev–Trinajstić information content (AvgIpc) is 3.72. The van der Waals surface area contributed by atoms with Crippen molar-refractivity contribution in [2.75, 3.05) is 23.3 Å². The molecule has 0 bridgehead atoms. The highest BCUT2D eigenvalue weighted by Gasteiger charge is 2.42. The molecule has 0 aliphatic carbocycles. The van der Waals surface area contributed by atoms with E-state index in [0.717, 1.165) is 5.56 Å². The number of hydrogen-bond donors (Lipinski definition) is 3. The summed E-state index contributed by atoms with van der Waals surface area (Å²) in [5.41, 5.74) is -0.820. The second-order valence-electron chi connectivity index (χ2n) is 12.4. The molecule has 1 atom stereocenters. The normalized spacial score (nSPS) is 15.3. The number of amides is 1. The Hall–Kier alpha value is -6.56. The Morgan fingerprint density at radius 1 is 0.962 bits per heavy atom. The van der Waals surface area contributed by atoms with Gasteiger partial charge in [0.25, 0.3) is 10.0 Å². The first-order valence-electron chi connectivity index (χ1n) is 16.2. The number of dihydropyridines is 1. The molecular weight excluding hydrogens is 705 g/mol. The fraction of sp³-hybridized carbons (Fsp3) is 0.229. The van der Waals surface area contributed by atoms with E-state index in [0.29, 0.717) is 5.82 Å². The van der Waals surface area contributed by atoms with Crippen molar-refractivity contribution in [3.63, 3.8) is 0 Å². The number of rotatable bonds is 12. The van der Waals surface area contributed by atoms with Crippen LogP contribution in [0.15, 0.2) is 102 Å². The van der Waals surface area contributed by atoms with Gasteiger partial charge in [-0.15, -0.1) is 10.2 Å². The molecular formula is C35H36N10O7S. The van der Waals surface area contributed by atoms with E-state index in [2.05, 4.69) is 45.6 Å². The summed E-state index contributed by atoms with van der Waals surface area (Å²) in [6.45, 7) is 7.95. The van der Waals surface area contributed by atoms with E-state index >= 15 is 0 Å². The lowest BCUT2D eigenvalue weighted by Gasteiger charge is -2.29. The van der Waals surface area contributed by atoms with Crippen LogP contribution in [0.5, 0.6) is 23.1 Å². The summed E-state index contributed by atoms with van der Waals surface area (Å²) in [4.78, 5) is 39.0. The van der Waals surface area contributed by atoms with Crippen molar-refractivity contribution in [2.45, 2.75) is 43.5 Å². The molecule has 5 aromatic rings. The maximum Gasteiger partial charge on any atom is 0.458 e. The number of carbonyl (C=O) groups is 1. The molecule has 1 aliphatic heterocycles. The molecule has 0 saturated heterocycles. The van der Waals surface area contributed by atoms with Crippen molar-refractivity contribution in [1.82, 2.24) is 40.9 Å². The van der Waals surface area contributed by atoms with Gasteiger partial charge in [-0.05, 0) is 72.7 Å². The van der Waals surface area contributed by atoms with E-state index in [1.807, 2.05) is 20.8 Å². The number of para-hydroxylation sites is 2. The second-order valence-corrected chi connectivity index (χ2v) is 14.1. The summed E-state index contributed by atoms with van der Waals surface area (Å²) >= 11 is 0. The second kappa shape index (κ2) is 15.0. The highest BCUT2D eigenvalue weighted by molar-refractivity contribution is 7.92. The largest absolute Gasteiger partial charge is 0.493 e. The summed E-state index contributed by atoms with van der Waals surface area (Å²) in [5, 5.41) is 17.5. The van der Waals surface area contributed by atoms with Crippen LogP contribution in [-0.4, -0.2) is 63.7 Å². The van der Waals surface area contributed by atoms with Crippen molar-refractivity contribution in [2.24, 2.45) is 0 Å². The first kappa shape index (κ1) is 36.2. The van der Waals surface area contributed by atoms with Crippen molar-refractivity contribution in [3.8, 4) is 23.1 Å². The number of H-pyrrole nitrogens is 1. The molecule has 3 N–H and O–H groups in total. The summed E-state index contributed by atoms with van der Waals surface area (Å²) < 4.78 is 42.4. The SMILES string of the molecule is CCN(C(=O)OOc1nc(C2(c3nn[nH]n3)C=CC=CN2)nc(NS(=O)(=O)c2ccc(C(C)(C)C)cc2)c1Oc1ccccc1OC)c1ccccn1. The van der Waals surface area contributed by atoms with Crippen LogP contribution < -0.4 is 29.3 Å². The fourth-order valence-corrected chi connectivity index (χ4v) is 6.17. The smallest absolute Gasteiger partial charge is 0.458 e. The number of anilines is 2. The molecule has 0 radical (unpaired) electrons. The van der Waals surface area contributed by atoms with Gasteiger partial charge in [0.1, 0.15) is 5.82 Å². The van der Waals surface area contributed by atoms with Gasteiger partial charge in [0, 0.05) is 12.7 Å². The van der Waals surface area contributed by atoms with Crippen LogP contribution >= 0.6 is 0 Å². The number of nitrogens with one attached hydrogen (secondary N) is 3. The van der Waals surface area contributed by atoms with Gasteiger partial charge >= 0.3 is 12.0 Å². The number of aromatic amines is 1. The van der Waals surface area contributed by atoms with Crippen LogP contribution in [0.2, 0.25) is 0 Å². The Balaban J connectivity index is 1.52. The number of nitrogens with zero attached hydrogens (tertiary/aromatic N) is 7. The van der Waals surface area contributed by atoms with Crippen LogP contribution in [0.25, 0.3) is 0 Å². The predicted molar refractivity (Wildman–Crippen MR) is 192 cm³/mol. The lowest BCUT2D eigenvalue weighted by Crippen LogP contribution is -2.43. The van der Waals surface area contributed by atoms with E-state index in [4.69, 9.17) is 19.2 Å². The zero-order chi connectivity index (χ0) is 37.6. The molecule has 1 unspecified atom stereocenters. The highest BCUT2D eigenvalue weighted by Crippen LogP contribution is 2.43. The zero-order valence-corrected chi connectivity index (χ0v) is 30.2. The Labute approximate surface area is 305 Å². The lowest BCUT2D eigenvalue weighted by atomic mass is 9.87.